The second-order valence-electron chi connectivity index (χ2n) is 4.73. The minimum atomic E-state index is -0.705. The van der Waals surface area contributed by atoms with Crippen LogP contribution in [0.5, 0.6) is 0 Å². The quantitative estimate of drug-likeness (QED) is 0.793. The predicted octanol–water partition coefficient (Wildman–Crippen LogP) is 2.56. The molecule has 4 N–H and O–H groups in total. The Labute approximate surface area is 127 Å². The third-order valence-electron chi connectivity index (χ3n) is 3.04. The summed E-state index contributed by atoms with van der Waals surface area (Å²) >= 11 is 0. The van der Waals surface area contributed by atoms with Gasteiger partial charge in [0.2, 0.25) is 5.91 Å². The van der Waals surface area contributed by atoms with Gasteiger partial charge in [-0.3, -0.25) is 4.79 Å². The largest absolute Gasteiger partial charge is 0.352 e. The van der Waals surface area contributed by atoms with E-state index in [2.05, 4.69) is 10.6 Å². The first-order valence-corrected chi connectivity index (χ1v) is 6.71. The monoisotopic (exact) mass is 301 g/mol. The molecule has 0 saturated heterocycles. The summed E-state index contributed by atoms with van der Waals surface area (Å²) in [5.74, 6) is -0.690. The molecule has 5 nitrogen and oxygen atoms in total. The highest BCUT2D eigenvalue weighted by Crippen LogP contribution is 2.18. The van der Waals surface area contributed by atoms with Gasteiger partial charge in [-0.2, -0.15) is 0 Å². The molecule has 2 aromatic carbocycles. The molecule has 2 rings (SSSR count). The molecule has 0 aromatic heterocycles. The lowest BCUT2D eigenvalue weighted by Crippen LogP contribution is -2.35. The molecule has 0 aliphatic rings. The molecule has 2 aromatic rings. The Hall–Kier alpha value is -2.89. The van der Waals surface area contributed by atoms with Crippen LogP contribution < -0.4 is 16.4 Å². The molecule has 114 valence electrons. The van der Waals surface area contributed by atoms with Crippen LogP contribution in [0.1, 0.15) is 18.0 Å². The molecule has 0 radical (unpaired) electrons. The van der Waals surface area contributed by atoms with Gasteiger partial charge in [0.25, 0.3) is 0 Å². The van der Waals surface area contributed by atoms with Crippen LogP contribution in [0.25, 0.3) is 0 Å². The molecule has 1 unspecified atom stereocenters. The van der Waals surface area contributed by atoms with Gasteiger partial charge in [0.05, 0.1) is 12.5 Å². The molecule has 0 spiro atoms. The molecule has 0 bridgehead atoms. The lowest BCUT2D eigenvalue weighted by atomic mass is 10.0. The van der Waals surface area contributed by atoms with Gasteiger partial charge in [-0.05, 0) is 29.8 Å². The van der Waals surface area contributed by atoms with E-state index >= 15 is 0 Å². The molecule has 1 atom stereocenters. The van der Waals surface area contributed by atoms with E-state index in [0.717, 1.165) is 5.56 Å². The summed E-state index contributed by atoms with van der Waals surface area (Å²) < 4.78 is 12.8. The zero-order chi connectivity index (χ0) is 15.9. The van der Waals surface area contributed by atoms with Crippen molar-refractivity contribution in [1.82, 2.24) is 5.32 Å². The average molecular weight is 301 g/mol. The van der Waals surface area contributed by atoms with Gasteiger partial charge < -0.3 is 16.4 Å². The van der Waals surface area contributed by atoms with Gasteiger partial charge in [0.15, 0.2) is 0 Å². The lowest BCUT2D eigenvalue weighted by Gasteiger charge is -2.17. The number of primary amides is 1. The summed E-state index contributed by atoms with van der Waals surface area (Å²) in [6, 6.07) is 13.3. The number of carbonyl (C=O) groups excluding carboxylic acids is 2. The topological polar surface area (TPSA) is 84.2 Å². The number of nitrogens with one attached hydrogen (secondary N) is 2. The van der Waals surface area contributed by atoms with Gasteiger partial charge in [-0.25, -0.2) is 9.18 Å². The normalized spacial score (nSPS) is 11.5. The Bertz CT molecular complexity index is 644. The second kappa shape index (κ2) is 7.21. The maximum Gasteiger partial charge on any atom is 0.312 e. The third kappa shape index (κ3) is 4.59. The van der Waals surface area contributed by atoms with Crippen molar-refractivity contribution < 1.29 is 14.0 Å². The molecule has 6 heteroatoms. The first kappa shape index (κ1) is 15.5. The number of urea groups is 1. The molecule has 22 heavy (non-hydrogen) atoms. The Morgan fingerprint density at radius 2 is 1.68 bits per heavy atom. The molecular formula is C16H16FN3O2. The molecular weight excluding hydrogens is 285 g/mol. The molecule has 0 aliphatic carbocycles. The van der Waals surface area contributed by atoms with Crippen LogP contribution in [0.2, 0.25) is 0 Å². The summed E-state index contributed by atoms with van der Waals surface area (Å²) in [4.78, 5) is 23.2. The Kier molecular flexibility index (Phi) is 5.08. The van der Waals surface area contributed by atoms with Crippen LogP contribution in [0.15, 0.2) is 54.6 Å². The highest BCUT2D eigenvalue weighted by atomic mass is 19.1. The van der Waals surface area contributed by atoms with Gasteiger partial charge >= 0.3 is 6.03 Å². The SMILES string of the molecule is NC(=O)NC(CC(=O)Nc1ccc(F)cc1)c1ccccc1. The van der Waals surface area contributed by atoms with E-state index in [1.165, 1.54) is 24.3 Å². The van der Waals surface area contributed by atoms with Gasteiger partial charge in [0.1, 0.15) is 5.82 Å². The molecule has 3 amide bonds. The zero-order valence-corrected chi connectivity index (χ0v) is 11.8. The predicted molar refractivity (Wildman–Crippen MR) is 81.5 cm³/mol. The standard InChI is InChI=1S/C16H16FN3O2/c17-12-6-8-13(9-7-12)19-15(21)10-14(20-16(18)22)11-4-2-1-3-5-11/h1-9,14H,10H2,(H,19,21)(H3,18,20,22). The summed E-state index contributed by atoms with van der Waals surface area (Å²) in [5, 5.41) is 5.18. The number of benzene rings is 2. The fourth-order valence-corrected chi connectivity index (χ4v) is 2.04. The van der Waals surface area contributed by atoms with E-state index in [9.17, 15) is 14.0 Å². The van der Waals surface area contributed by atoms with Crippen LogP contribution in [0, 0.1) is 5.82 Å². The number of halogens is 1. The Balaban J connectivity index is 2.04. The molecule has 0 aliphatic heterocycles. The molecule has 0 fully saturated rings. The highest BCUT2D eigenvalue weighted by molar-refractivity contribution is 5.91. The summed E-state index contributed by atoms with van der Waals surface area (Å²) in [7, 11) is 0. The second-order valence-corrected chi connectivity index (χ2v) is 4.73. The maximum atomic E-state index is 12.8. The van der Waals surface area contributed by atoms with Crippen molar-refractivity contribution in [3.63, 3.8) is 0 Å². The smallest absolute Gasteiger partial charge is 0.312 e. The first-order chi connectivity index (χ1) is 10.5. The summed E-state index contributed by atoms with van der Waals surface area (Å²) in [6.07, 6.45) is 0.0182. The van der Waals surface area contributed by atoms with Crippen LogP contribution in [-0.4, -0.2) is 11.9 Å². The van der Waals surface area contributed by atoms with E-state index < -0.39 is 12.1 Å². The van der Waals surface area contributed by atoms with Gasteiger partial charge in [0, 0.05) is 5.69 Å². The Morgan fingerprint density at radius 1 is 1.05 bits per heavy atom. The van der Waals surface area contributed by atoms with E-state index in [1.807, 2.05) is 18.2 Å². The van der Waals surface area contributed by atoms with E-state index in [-0.39, 0.29) is 18.1 Å². The zero-order valence-electron chi connectivity index (χ0n) is 11.8. The number of rotatable bonds is 5. The van der Waals surface area contributed by atoms with E-state index in [0.29, 0.717) is 5.69 Å². The average Bonchev–Trinajstić information content (AvgIpc) is 2.49. The Morgan fingerprint density at radius 3 is 2.27 bits per heavy atom. The number of amides is 3. The minimum absolute atomic E-state index is 0.0182. The number of anilines is 1. The number of carbonyl (C=O) groups is 2. The third-order valence-corrected chi connectivity index (χ3v) is 3.04. The maximum absolute atomic E-state index is 12.8. The van der Waals surface area contributed by atoms with Crippen molar-refractivity contribution >= 4 is 17.6 Å². The van der Waals surface area contributed by atoms with E-state index in [4.69, 9.17) is 5.73 Å². The minimum Gasteiger partial charge on any atom is -0.352 e. The van der Waals surface area contributed by atoms with Gasteiger partial charge in [-0.1, -0.05) is 30.3 Å². The van der Waals surface area contributed by atoms with Crippen LogP contribution in [0.3, 0.4) is 0 Å². The molecule has 0 heterocycles. The van der Waals surface area contributed by atoms with Crippen molar-refractivity contribution in [2.45, 2.75) is 12.5 Å². The fourth-order valence-electron chi connectivity index (χ4n) is 2.04. The summed E-state index contributed by atoms with van der Waals surface area (Å²) in [6.45, 7) is 0. The molecule has 0 saturated carbocycles. The van der Waals surface area contributed by atoms with Crippen LogP contribution >= 0.6 is 0 Å². The van der Waals surface area contributed by atoms with Crippen molar-refractivity contribution in [3.05, 3.63) is 66.0 Å². The summed E-state index contributed by atoms with van der Waals surface area (Å²) in [5.41, 5.74) is 6.41. The lowest BCUT2D eigenvalue weighted by molar-refractivity contribution is -0.116. The highest BCUT2D eigenvalue weighted by Gasteiger charge is 2.17. The number of hydrogen-bond donors (Lipinski definition) is 3. The van der Waals surface area contributed by atoms with Crippen molar-refractivity contribution in [1.29, 1.82) is 0 Å². The van der Waals surface area contributed by atoms with Crippen molar-refractivity contribution in [2.75, 3.05) is 5.32 Å². The van der Waals surface area contributed by atoms with Crippen molar-refractivity contribution in [2.24, 2.45) is 5.73 Å². The van der Waals surface area contributed by atoms with E-state index in [1.54, 1.807) is 12.1 Å². The van der Waals surface area contributed by atoms with Crippen molar-refractivity contribution in [3.8, 4) is 0 Å². The van der Waals surface area contributed by atoms with Gasteiger partial charge in [-0.15, -0.1) is 0 Å². The first-order valence-electron chi connectivity index (χ1n) is 6.71. The van der Waals surface area contributed by atoms with Crippen LogP contribution in [0.4, 0.5) is 14.9 Å². The fraction of sp³-hybridized carbons (Fsp3) is 0.125. The number of nitrogens with two attached hydrogens (primary N) is 1. The number of hydrogen-bond acceptors (Lipinski definition) is 2. The van der Waals surface area contributed by atoms with Crippen LogP contribution in [-0.2, 0) is 4.79 Å².